The van der Waals surface area contributed by atoms with Crippen LogP contribution in [0.5, 0.6) is 0 Å². The third-order valence-corrected chi connectivity index (χ3v) is 8.08. The van der Waals surface area contributed by atoms with Crippen molar-refractivity contribution in [2.75, 3.05) is 18.1 Å². The molecule has 148 valence electrons. The lowest BCUT2D eigenvalue weighted by atomic mass is 10.0. The van der Waals surface area contributed by atoms with Gasteiger partial charge in [0, 0.05) is 15.7 Å². The predicted molar refractivity (Wildman–Crippen MR) is 110 cm³/mol. The van der Waals surface area contributed by atoms with Gasteiger partial charge in [-0.2, -0.15) is 0 Å². The van der Waals surface area contributed by atoms with Crippen LogP contribution >= 0.6 is 11.8 Å². The maximum atomic E-state index is 12.5. The van der Waals surface area contributed by atoms with Gasteiger partial charge in [0.05, 0.1) is 17.1 Å². The Morgan fingerprint density at radius 3 is 2.54 bits per heavy atom. The highest BCUT2D eigenvalue weighted by Gasteiger charge is 2.29. The molecule has 0 amide bonds. The first-order chi connectivity index (χ1) is 13.2. The molecular formula is C21H22O5S2. The zero-order valence-corrected chi connectivity index (χ0v) is 17.4. The van der Waals surface area contributed by atoms with Gasteiger partial charge in [-0.05, 0) is 49.6 Å². The van der Waals surface area contributed by atoms with Crippen molar-refractivity contribution < 1.29 is 22.7 Å². The van der Waals surface area contributed by atoms with E-state index in [9.17, 15) is 18.0 Å². The molecule has 28 heavy (non-hydrogen) atoms. The molecule has 1 fully saturated rings. The Hall–Kier alpha value is -2.12. The van der Waals surface area contributed by atoms with Gasteiger partial charge >= 0.3 is 5.97 Å². The van der Waals surface area contributed by atoms with Crippen molar-refractivity contribution in [3.05, 3.63) is 64.7 Å². The fraction of sp³-hybridized carbons (Fsp3) is 0.333. The van der Waals surface area contributed by atoms with Crippen molar-refractivity contribution in [3.63, 3.8) is 0 Å². The number of rotatable bonds is 6. The SMILES string of the molecule is Cc1ccc(C(=O)COC(=O)c2ccccc2S[C@@H]2CCS(=O)(=O)C2)cc1C. The van der Waals surface area contributed by atoms with Gasteiger partial charge in [0.15, 0.2) is 22.2 Å². The number of carbonyl (C=O) groups is 2. The zero-order valence-electron chi connectivity index (χ0n) is 15.8. The average Bonchev–Trinajstić information content (AvgIpc) is 3.00. The molecule has 1 atom stereocenters. The van der Waals surface area contributed by atoms with Gasteiger partial charge in [-0.25, -0.2) is 13.2 Å². The van der Waals surface area contributed by atoms with Crippen LogP contribution in [-0.2, 0) is 14.6 Å². The smallest absolute Gasteiger partial charge is 0.339 e. The maximum Gasteiger partial charge on any atom is 0.339 e. The van der Waals surface area contributed by atoms with Crippen LogP contribution < -0.4 is 0 Å². The number of carbonyl (C=O) groups excluding carboxylic acids is 2. The molecule has 2 aromatic rings. The Morgan fingerprint density at radius 1 is 1.11 bits per heavy atom. The third kappa shape index (κ3) is 5.02. The van der Waals surface area contributed by atoms with Crippen molar-refractivity contribution in [1.82, 2.24) is 0 Å². The highest BCUT2D eigenvalue weighted by molar-refractivity contribution is 8.02. The van der Waals surface area contributed by atoms with Crippen molar-refractivity contribution >= 4 is 33.4 Å². The first kappa shape index (κ1) is 20.6. The van der Waals surface area contributed by atoms with E-state index >= 15 is 0 Å². The Labute approximate surface area is 169 Å². The van der Waals surface area contributed by atoms with Crippen LogP contribution in [0.25, 0.3) is 0 Å². The molecule has 0 spiro atoms. The molecule has 1 heterocycles. The van der Waals surface area contributed by atoms with Crippen LogP contribution in [0.1, 0.15) is 38.3 Å². The van der Waals surface area contributed by atoms with E-state index in [4.69, 9.17) is 4.74 Å². The summed E-state index contributed by atoms with van der Waals surface area (Å²) in [6.07, 6.45) is 0.571. The summed E-state index contributed by atoms with van der Waals surface area (Å²) in [5, 5.41) is -0.0730. The van der Waals surface area contributed by atoms with Gasteiger partial charge < -0.3 is 4.74 Å². The molecule has 2 aromatic carbocycles. The topological polar surface area (TPSA) is 77.5 Å². The standard InChI is InChI=1S/C21H22O5S2/c1-14-7-8-16(11-15(14)2)19(22)12-26-21(23)18-5-3-4-6-20(18)27-17-9-10-28(24,25)13-17/h3-8,11,17H,9-10,12-13H2,1-2H3/t17-/m1/s1. The molecule has 1 saturated heterocycles. The van der Waals surface area contributed by atoms with Gasteiger partial charge in [0.2, 0.25) is 0 Å². The van der Waals surface area contributed by atoms with Crippen LogP contribution in [0.4, 0.5) is 0 Å². The second-order valence-corrected chi connectivity index (χ2v) is 10.5. The number of Topliss-reactive ketones (excluding diaryl/α,β-unsaturated/α-hetero) is 1. The summed E-state index contributed by atoms with van der Waals surface area (Å²) in [7, 11) is -2.99. The van der Waals surface area contributed by atoms with Crippen LogP contribution in [0.3, 0.4) is 0 Å². The van der Waals surface area contributed by atoms with Gasteiger partial charge in [0.25, 0.3) is 0 Å². The second kappa shape index (κ2) is 8.49. The van der Waals surface area contributed by atoms with Gasteiger partial charge in [-0.1, -0.05) is 24.3 Å². The van der Waals surface area contributed by atoms with E-state index in [0.717, 1.165) is 11.1 Å². The number of ether oxygens (including phenoxy) is 1. The first-order valence-electron chi connectivity index (χ1n) is 8.99. The summed E-state index contributed by atoms with van der Waals surface area (Å²) in [4.78, 5) is 25.5. The number of esters is 1. The van der Waals surface area contributed by atoms with Crippen molar-refractivity contribution in [2.24, 2.45) is 0 Å². The first-order valence-corrected chi connectivity index (χ1v) is 11.7. The third-order valence-electron chi connectivity index (χ3n) is 4.75. The molecule has 0 radical (unpaired) electrons. The van der Waals surface area contributed by atoms with Crippen LogP contribution in [0, 0.1) is 13.8 Å². The lowest BCUT2D eigenvalue weighted by molar-refractivity contribution is 0.0471. The van der Waals surface area contributed by atoms with E-state index in [-0.39, 0.29) is 29.1 Å². The van der Waals surface area contributed by atoms with Gasteiger partial charge in [-0.15, -0.1) is 11.8 Å². The largest absolute Gasteiger partial charge is 0.454 e. The summed E-state index contributed by atoms with van der Waals surface area (Å²) in [6, 6.07) is 12.3. The van der Waals surface area contributed by atoms with Gasteiger partial charge in [0.1, 0.15) is 0 Å². The van der Waals surface area contributed by atoms with Crippen LogP contribution in [0.2, 0.25) is 0 Å². The lowest BCUT2D eigenvalue weighted by Crippen LogP contribution is -2.15. The Kier molecular flexibility index (Phi) is 6.25. The van der Waals surface area contributed by atoms with Crippen LogP contribution in [-0.4, -0.2) is 43.5 Å². The van der Waals surface area contributed by atoms with E-state index in [1.165, 1.54) is 11.8 Å². The lowest BCUT2D eigenvalue weighted by Gasteiger charge is -2.12. The number of hydrogen-bond acceptors (Lipinski definition) is 6. The summed E-state index contributed by atoms with van der Waals surface area (Å²) in [5.74, 6) is -0.543. The summed E-state index contributed by atoms with van der Waals surface area (Å²) < 4.78 is 28.6. The van der Waals surface area contributed by atoms with E-state index in [1.807, 2.05) is 19.9 Å². The minimum atomic E-state index is -2.99. The second-order valence-electron chi connectivity index (χ2n) is 6.94. The summed E-state index contributed by atoms with van der Waals surface area (Å²) >= 11 is 1.38. The fourth-order valence-electron chi connectivity index (χ4n) is 2.98. The molecule has 0 aliphatic carbocycles. The molecule has 1 aliphatic heterocycles. The van der Waals surface area contributed by atoms with Crippen molar-refractivity contribution in [2.45, 2.75) is 30.4 Å². The molecule has 1 aliphatic rings. The molecule has 7 heteroatoms. The highest BCUT2D eigenvalue weighted by atomic mass is 32.2. The number of hydrogen-bond donors (Lipinski definition) is 0. The van der Waals surface area contributed by atoms with E-state index in [1.54, 1.807) is 36.4 Å². The number of benzene rings is 2. The molecule has 3 rings (SSSR count). The maximum absolute atomic E-state index is 12.5. The Balaban J connectivity index is 1.66. The zero-order chi connectivity index (χ0) is 20.3. The normalized spacial score (nSPS) is 18.0. The molecule has 0 aromatic heterocycles. The number of aryl methyl sites for hydroxylation is 2. The number of thioether (sulfide) groups is 1. The molecule has 5 nitrogen and oxygen atoms in total. The Bertz CT molecular complexity index is 1010. The van der Waals surface area contributed by atoms with Crippen LogP contribution in [0.15, 0.2) is 47.4 Å². The molecule has 0 saturated carbocycles. The summed E-state index contributed by atoms with van der Waals surface area (Å²) in [5.41, 5.74) is 2.96. The summed E-state index contributed by atoms with van der Waals surface area (Å²) in [6.45, 7) is 3.56. The average molecular weight is 419 g/mol. The number of ketones is 1. The van der Waals surface area contributed by atoms with E-state index in [2.05, 4.69) is 0 Å². The molecule has 0 bridgehead atoms. The molecular weight excluding hydrogens is 396 g/mol. The fourth-order valence-corrected chi connectivity index (χ4v) is 6.60. The highest BCUT2D eigenvalue weighted by Crippen LogP contribution is 2.33. The van der Waals surface area contributed by atoms with E-state index < -0.39 is 15.8 Å². The Morgan fingerprint density at radius 2 is 1.86 bits per heavy atom. The van der Waals surface area contributed by atoms with Gasteiger partial charge in [-0.3, -0.25) is 4.79 Å². The quantitative estimate of drug-likeness (QED) is 0.527. The molecule has 0 N–H and O–H groups in total. The monoisotopic (exact) mass is 418 g/mol. The molecule has 0 unspecified atom stereocenters. The number of sulfone groups is 1. The van der Waals surface area contributed by atoms with E-state index in [0.29, 0.717) is 22.4 Å². The minimum absolute atomic E-state index is 0.0730. The van der Waals surface area contributed by atoms with Crippen molar-refractivity contribution in [3.8, 4) is 0 Å². The minimum Gasteiger partial charge on any atom is -0.454 e. The predicted octanol–water partition coefficient (Wildman–Crippen LogP) is 3.62. The van der Waals surface area contributed by atoms with Crippen molar-refractivity contribution in [1.29, 1.82) is 0 Å².